The van der Waals surface area contributed by atoms with Crippen molar-refractivity contribution in [2.75, 3.05) is 19.8 Å². The summed E-state index contributed by atoms with van der Waals surface area (Å²) < 4.78 is 23.2. The molecule has 0 aromatic carbocycles. The molecular formula is C11H25O4P. The molecule has 0 unspecified atom stereocenters. The zero-order chi connectivity index (χ0) is 12.7. The highest BCUT2D eigenvalue weighted by molar-refractivity contribution is 7.55. The van der Waals surface area contributed by atoms with Crippen molar-refractivity contribution in [3.8, 4) is 0 Å². The van der Waals surface area contributed by atoms with Crippen molar-refractivity contribution in [3.05, 3.63) is 0 Å². The summed E-state index contributed by atoms with van der Waals surface area (Å²) >= 11 is 0. The molecule has 0 aliphatic heterocycles. The monoisotopic (exact) mass is 252 g/mol. The van der Waals surface area contributed by atoms with E-state index in [1.165, 1.54) is 0 Å². The van der Waals surface area contributed by atoms with Crippen LogP contribution in [-0.2, 0) is 13.6 Å². The number of hydrogen-bond acceptors (Lipinski definition) is 4. The van der Waals surface area contributed by atoms with Crippen LogP contribution in [0.5, 0.6) is 0 Å². The highest BCUT2D eigenvalue weighted by atomic mass is 31.2. The third-order valence-electron chi connectivity index (χ3n) is 2.54. The Kier molecular flexibility index (Phi) is 7.49. The highest BCUT2D eigenvalue weighted by Gasteiger charge is 2.42. The van der Waals surface area contributed by atoms with Gasteiger partial charge >= 0.3 is 7.60 Å². The van der Waals surface area contributed by atoms with Gasteiger partial charge in [-0.05, 0) is 47.0 Å². The van der Waals surface area contributed by atoms with E-state index in [0.717, 1.165) is 19.3 Å². The van der Waals surface area contributed by atoms with E-state index in [1.54, 1.807) is 0 Å². The van der Waals surface area contributed by atoms with Gasteiger partial charge in [0.05, 0.1) is 18.4 Å². The smallest absolute Gasteiger partial charge is 0.336 e. The molecule has 0 atom stereocenters. The van der Waals surface area contributed by atoms with Gasteiger partial charge in [0.2, 0.25) is 0 Å². The van der Waals surface area contributed by atoms with Crippen molar-refractivity contribution >= 4 is 7.60 Å². The summed E-state index contributed by atoms with van der Waals surface area (Å²) in [5.74, 6) is 0. The summed E-state index contributed by atoms with van der Waals surface area (Å²) in [5, 5.41) is 8.25. The second-order valence-electron chi connectivity index (χ2n) is 4.33. The van der Waals surface area contributed by atoms with Gasteiger partial charge in [-0.2, -0.15) is 0 Å². The van der Waals surface area contributed by atoms with Gasteiger partial charge in [0.1, 0.15) is 0 Å². The first-order valence-electron chi connectivity index (χ1n) is 5.93. The Morgan fingerprint density at radius 2 is 1.62 bits per heavy atom. The van der Waals surface area contributed by atoms with E-state index in [2.05, 4.69) is 0 Å². The standard InChI is InChI=1S/C11H25O4P/c1-5-14-16(13,15-6-2)11(3,4)9-7-8-10-12/h12H,5-10H2,1-4H3. The molecule has 4 nitrogen and oxygen atoms in total. The van der Waals surface area contributed by atoms with Gasteiger partial charge in [-0.3, -0.25) is 4.57 Å². The molecule has 98 valence electrons. The maximum Gasteiger partial charge on any atom is 0.336 e. The van der Waals surface area contributed by atoms with Crippen LogP contribution < -0.4 is 0 Å². The van der Waals surface area contributed by atoms with Gasteiger partial charge in [0.25, 0.3) is 0 Å². The van der Waals surface area contributed by atoms with E-state index in [0.29, 0.717) is 13.2 Å². The summed E-state index contributed by atoms with van der Waals surface area (Å²) in [7, 11) is -3.04. The van der Waals surface area contributed by atoms with Crippen LogP contribution >= 0.6 is 7.60 Å². The first-order chi connectivity index (χ1) is 7.43. The minimum Gasteiger partial charge on any atom is -0.396 e. The summed E-state index contributed by atoms with van der Waals surface area (Å²) in [5.41, 5.74) is 0. The van der Waals surface area contributed by atoms with Crippen molar-refractivity contribution < 1.29 is 18.7 Å². The van der Waals surface area contributed by atoms with Crippen molar-refractivity contribution in [1.29, 1.82) is 0 Å². The van der Waals surface area contributed by atoms with E-state index < -0.39 is 12.8 Å². The SMILES string of the molecule is CCOP(=O)(OCC)C(C)(C)CCCCO. The second-order valence-corrected chi connectivity index (χ2v) is 7.05. The Hall–Kier alpha value is 0.110. The molecular weight excluding hydrogens is 227 g/mol. The van der Waals surface area contributed by atoms with Crippen LogP contribution in [0, 0.1) is 0 Å². The molecule has 0 saturated heterocycles. The third kappa shape index (κ3) is 4.54. The summed E-state index contributed by atoms with van der Waals surface area (Å²) in [6, 6.07) is 0. The van der Waals surface area contributed by atoms with Crippen LogP contribution in [0.4, 0.5) is 0 Å². The molecule has 0 aromatic rings. The van der Waals surface area contributed by atoms with Crippen LogP contribution in [0.2, 0.25) is 0 Å². The van der Waals surface area contributed by atoms with E-state index in [4.69, 9.17) is 14.2 Å². The van der Waals surface area contributed by atoms with E-state index in [9.17, 15) is 4.57 Å². The molecule has 0 fully saturated rings. The lowest BCUT2D eigenvalue weighted by molar-refractivity contribution is 0.196. The minimum absolute atomic E-state index is 0.170. The topological polar surface area (TPSA) is 55.8 Å². The minimum atomic E-state index is -3.04. The fraction of sp³-hybridized carbons (Fsp3) is 1.00. The van der Waals surface area contributed by atoms with Crippen molar-refractivity contribution in [1.82, 2.24) is 0 Å². The summed E-state index contributed by atoms with van der Waals surface area (Å²) in [6.45, 7) is 8.38. The number of hydrogen-bond donors (Lipinski definition) is 1. The molecule has 0 spiro atoms. The molecule has 0 aliphatic carbocycles. The molecule has 16 heavy (non-hydrogen) atoms. The maximum absolute atomic E-state index is 12.5. The number of rotatable bonds is 9. The lowest BCUT2D eigenvalue weighted by atomic mass is 10.1. The Labute approximate surface area is 98.9 Å². The van der Waals surface area contributed by atoms with Crippen LogP contribution in [-0.4, -0.2) is 30.1 Å². The molecule has 5 heteroatoms. The third-order valence-corrected chi connectivity index (χ3v) is 5.44. The van der Waals surface area contributed by atoms with E-state index >= 15 is 0 Å². The van der Waals surface area contributed by atoms with E-state index in [1.807, 2.05) is 27.7 Å². The lowest BCUT2D eigenvalue weighted by Crippen LogP contribution is -2.23. The quantitative estimate of drug-likeness (QED) is 0.505. The average Bonchev–Trinajstić information content (AvgIpc) is 2.18. The lowest BCUT2D eigenvalue weighted by Gasteiger charge is -2.32. The number of aliphatic hydroxyl groups excluding tert-OH is 1. The number of unbranched alkanes of at least 4 members (excludes halogenated alkanes) is 1. The second kappa shape index (κ2) is 7.44. The average molecular weight is 252 g/mol. The summed E-state index contributed by atoms with van der Waals surface area (Å²) in [4.78, 5) is 0. The maximum atomic E-state index is 12.5. The molecule has 0 bridgehead atoms. The fourth-order valence-electron chi connectivity index (χ4n) is 1.53. The molecule has 0 radical (unpaired) electrons. The Morgan fingerprint density at radius 3 is 2.00 bits per heavy atom. The zero-order valence-corrected chi connectivity index (χ0v) is 11.8. The Balaban J connectivity index is 4.54. The first kappa shape index (κ1) is 16.1. The van der Waals surface area contributed by atoms with E-state index in [-0.39, 0.29) is 6.61 Å². The van der Waals surface area contributed by atoms with Crippen LogP contribution in [0.25, 0.3) is 0 Å². The molecule has 0 saturated carbocycles. The normalized spacial score (nSPS) is 13.1. The molecule has 1 N–H and O–H groups in total. The van der Waals surface area contributed by atoms with Gasteiger partial charge in [-0.1, -0.05) is 0 Å². The largest absolute Gasteiger partial charge is 0.396 e. The predicted molar refractivity (Wildman–Crippen MR) is 65.9 cm³/mol. The van der Waals surface area contributed by atoms with Crippen molar-refractivity contribution in [3.63, 3.8) is 0 Å². The molecule has 0 aromatic heterocycles. The van der Waals surface area contributed by atoms with Gasteiger partial charge in [0.15, 0.2) is 0 Å². The van der Waals surface area contributed by atoms with Gasteiger partial charge in [-0.15, -0.1) is 0 Å². The number of aliphatic hydroxyl groups is 1. The van der Waals surface area contributed by atoms with Crippen molar-refractivity contribution in [2.45, 2.75) is 52.1 Å². The zero-order valence-electron chi connectivity index (χ0n) is 10.9. The first-order valence-corrected chi connectivity index (χ1v) is 7.48. The van der Waals surface area contributed by atoms with Crippen LogP contribution in [0.1, 0.15) is 47.0 Å². The van der Waals surface area contributed by atoms with Crippen molar-refractivity contribution in [2.24, 2.45) is 0 Å². The molecule has 0 rings (SSSR count). The summed E-state index contributed by atoms with van der Waals surface area (Å²) in [6.07, 6.45) is 2.28. The predicted octanol–water partition coefficient (Wildman–Crippen LogP) is 3.19. The van der Waals surface area contributed by atoms with Gasteiger partial charge in [-0.25, -0.2) is 0 Å². The van der Waals surface area contributed by atoms with Crippen LogP contribution in [0.15, 0.2) is 0 Å². The molecule has 0 aliphatic rings. The fourth-order valence-corrected chi connectivity index (χ4v) is 3.42. The van der Waals surface area contributed by atoms with Crippen LogP contribution in [0.3, 0.4) is 0 Å². The molecule has 0 amide bonds. The highest BCUT2D eigenvalue weighted by Crippen LogP contribution is 2.61. The Morgan fingerprint density at radius 1 is 1.12 bits per heavy atom. The Bertz CT molecular complexity index is 218. The van der Waals surface area contributed by atoms with Gasteiger partial charge < -0.3 is 14.2 Å². The molecule has 0 heterocycles. The van der Waals surface area contributed by atoms with Gasteiger partial charge in [0, 0.05) is 6.61 Å².